The van der Waals surface area contributed by atoms with Crippen LogP contribution in [-0.2, 0) is 0 Å². The average molecular weight is 561 g/mol. The van der Waals surface area contributed by atoms with Gasteiger partial charge in [-0.2, -0.15) is 0 Å². The first-order chi connectivity index (χ1) is 20.1. The molecule has 2 heteroatoms. The second-order valence-corrected chi connectivity index (χ2v) is 15.7. The standard InChI is InChI=1S/C40H52N2/c1-29-12-10-11-15-34(29)42-36(38(5)20-24-39(42,6)25-21-38)18-19-40-26-22-37(4,23-27-40)31(3)41(40)35-17-16-33(28-30(35)2)32-13-8-7-9-14-32/h7-17,28,31,36H,18-27H2,1-6H3/t31?,36-,37?,38?,39?,40?/m0/s1. The Balaban J connectivity index is 1.24. The van der Waals surface area contributed by atoms with Gasteiger partial charge < -0.3 is 9.80 Å². The summed E-state index contributed by atoms with van der Waals surface area (Å²) in [4.78, 5) is 5.89. The highest BCUT2D eigenvalue weighted by Crippen LogP contribution is 2.60. The number of fused-ring (bicyclic) bond motifs is 6. The minimum absolute atomic E-state index is 0.252. The molecule has 2 aliphatic carbocycles. The van der Waals surface area contributed by atoms with E-state index < -0.39 is 0 Å². The zero-order valence-electron chi connectivity index (χ0n) is 27.0. The minimum Gasteiger partial charge on any atom is -0.362 e. The Labute approximate surface area is 255 Å². The van der Waals surface area contributed by atoms with Crippen molar-refractivity contribution < 1.29 is 0 Å². The molecule has 4 saturated heterocycles. The number of aryl methyl sites for hydroxylation is 2. The zero-order chi connectivity index (χ0) is 29.3. The monoisotopic (exact) mass is 560 g/mol. The van der Waals surface area contributed by atoms with Gasteiger partial charge in [-0.25, -0.2) is 0 Å². The van der Waals surface area contributed by atoms with Gasteiger partial charge in [-0.3, -0.25) is 0 Å². The van der Waals surface area contributed by atoms with Gasteiger partial charge in [0.05, 0.1) is 0 Å². The smallest absolute Gasteiger partial charge is 0.0406 e. The van der Waals surface area contributed by atoms with Crippen LogP contribution in [0.25, 0.3) is 11.1 Å². The fourth-order valence-corrected chi connectivity index (χ4v) is 10.0. The normalized spacial score (nSPS) is 35.6. The Morgan fingerprint density at radius 1 is 0.619 bits per heavy atom. The first kappa shape index (κ1) is 28.1. The van der Waals surface area contributed by atoms with Gasteiger partial charge in [0.2, 0.25) is 0 Å². The van der Waals surface area contributed by atoms with Gasteiger partial charge in [0, 0.05) is 34.5 Å². The molecule has 1 unspecified atom stereocenters. The highest BCUT2D eigenvalue weighted by atomic mass is 15.3. The van der Waals surface area contributed by atoms with E-state index in [1.54, 1.807) is 0 Å². The summed E-state index contributed by atoms with van der Waals surface area (Å²) in [6.07, 6.45) is 13.4. The van der Waals surface area contributed by atoms with Gasteiger partial charge in [-0.1, -0.05) is 68.4 Å². The zero-order valence-corrected chi connectivity index (χ0v) is 27.0. The van der Waals surface area contributed by atoms with E-state index in [1.807, 2.05) is 0 Å². The highest BCUT2D eigenvalue weighted by Gasteiger charge is 2.58. The van der Waals surface area contributed by atoms with Crippen molar-refractivity contribution in [2.45, 2.75) is 129 Å². The number of benzene rings is 3. The van der Waals surface area contributed by atoms with Gasteiger partial charge in [-0.15, -0.1) is 0 Å². The number of piperidine rings is 4. The van der Waals surface area contributed by atoms with E-state index in [-0.39, 0.29) is 11.1 Å². The third-order valence-electron chi connectivity index (χ3n) is 13.2. The van der Waals surface area contributed by atoms with Crippen LogP contribution < -0.4 is 9.80 Å². The maximum absolute atomic E-state index is 2.95. The van der Waals surface area contributed by atoms with E-state index in [9.17, 15) is 0 Å². The second kappa shape index (κ2) is 9.90. The maximum atomic E-state index is 2.95. The van der Waals surface area contributed by atoms with Gasteiger partial charge in [0.1, 0.15) is 0 Å². The summed E-state index contributed by atoms with van der Waals surface area (Å²) in [6.45, 7) is 15.0. The fourth-order valence-electron chi connectivity index (χ4n) is 10.0. The van der Waals surface area contributed by atoms with Crippen LogP contribution in [-0.4, -0.2) is 23.2 Å². The lowest BCUT2D eigenvalue weighted by atomic mass is 9.55. The van der Waals surface area contributed by atoms with E-state index in [2.05, 4.69) is 124 Å². The molecule has 42 heavy (non-hydrogen) atoms. The molecule has 0 radical (unpaired) electrons. The molecule has 222 valence electrons. The van der Waals surface area contributed by atoms with E-state index in [4.69, 9.17) is 0 Å². The predicted octanol–water partition coefficient (Wildman–Crippen LogP) is 10.5. The molecular formula is C40H52N2. The topological polar surface area (TPSA) is 6.48 Å². The Morgan fingerprint density at radius 2 is 1.24 bits per heavy atom. The first-order valence-electron chi connectivity index (χ1n) is 16.9. The average Bonchev–Trinajstić information content (AvgIpc) is 2.99. The number of rotatable bonds is 6. The molecule has 3 aromatic rings. The van der Waals surface area contributed by atoms with Crippen molar-refractivity contribution in [1.82, 2.24) is 0 Å². The van der Waals surface area contributed by atoms with Crippen LogP contribution in [0.2, 0.25) is 0 Å². The summed E-state index contributed by atoms with van der Waals surface area (Å²) >= 11 is 0. The number of nitrogens with zero attached hydrogens (tertiary/aromatic N) is 2. The molecule has 6 aliphatic rings. The van der Waals surface area contributed by atoms with E-state index >= 15 is 0 Å². The molecule has 4 heterocycles. The van der Waals surface area contributed by atoms with Crippen LogP contribution in [0, 0.1) is 24.7 Å². The molecule has 2 nitrogen and oxygen atoms in total. The predicted molar refractivity (Wildman–Crippen MR) is 180 cm³/mol. The van der Waals surface area contributed by atoms with Crippen LogP contribution in [0.1, 0.15) is 103 Å². The van der Waals surface area contributed by atoms with Crippen LogP contribution in [0.3, 0.4) is 0 Å². The van der Waals surface area contributed by atoms with Crippen molar-refractivity contribution in [3.8, 4) is 11.1 Å². The van der Waals surface area contributed by atoms with Crippen LogP contribution in [0.5, 0.6) is 0 Å². The molecule has 2 saturated carbocycles. The number of hydrogen-bond donors (Lipinski definition) is 0. The molecule has 0 N–H and O–H groups in total. The van der Waals surface area contributed by atoms with E-state index in [1.165, 1.54) is 97.8 Å². The van der Waals surface area contributed by atoms with Gasteiger partial charge in [-0.05, 0) is 143 Å². The molecule has 9 rings (SSSR count). The van der Waals surface area contributed by atoms with Crippen molar-refractivity contribution in [3.05, 3.63) is 83.9 Å². The number of para-hydroxylation sites is 1. The molecule has 0 aromatic heterocycles. The Morgan fingerprint density at radius 3 is 1.90 bits per heavy atom. The lowest BCUT2D eigenvalue weighted by Gasteiger charge is -2.66. The van der Waals surface area contributed by atoms with Crippen molar-refractivity contribution in [2.24, 2.45) is 10.8 Å². The minimum atomic E-state index is 0.252. The summed E-state index contributed by atoms with van der Waals surface area (Å²) < 4.78 is 0. The SMILES string of the molecule is Cc1ccccc1N1[C@@H](CCC23CCC(C)(CC2)C(C)N3c2ccc(-c3ccccc3)cc2C)C2(C)CCC1(C)CC2. The molecule has 6 fully saturated rings. The first-order valence-corrected chi connectivity index (χ1v) is 16.9. The lowest BCUT2D eigenvalue weighted by molar-refractivity contribution is 0.0127. The quantitative estimate of drug-likeness (QED) is 0.296. The summed E-state index contributed by atoms with van der Waals surface area (Å²) in [7, 11) is 0. The summed E-state index contributed by atoms with van der Waals surface area (Å²) in [5, 5.41) is 0. The van der Waals surface area contributed by atoms with Crippen molar-refractivity contribution in [3.63, 3.8) is 0 Å². The second-order valence-electron chi connectivity index (χ2n) is 15.7. The van der Waals surface area contributed by atoms with Crippen LogP contribution in [0.4, 0.5) is 11.4 Å². The van der Waals surface area contributed by atoms with Crippen molar-refractivity contribution in [1.29, 1.82) is 0 Å². The van der Waals surface area contributed by atoms with Crippen molar-refractivity contribution in [2.75, 3.05) is 9.80 Å². The maximum Gasteiger partial charge on any atom is 0.0406 e. The Hall–Kier alpha value is -2.74. The Kier molecular flexibility index (Phi) is 6.61. The van der Waals surface area contributed by atoms with Gasteiger partial charge >= 0.3 is 0 Å². The van der Waals surface area contributed by atoms with E-state index in [0.717, 1.165) is 0 Å². The molecular weight excluding hydrogens is 508 g/mol. The number of anilines is 2. The molecule has 4 bridgehead atoms. The molecule has 4 aliphatic heterocycles. The lowest BCUT2D eigenvalue weighted by Crippen LogP contribution is -2.69. The number of hydrogen-bond acceptors (Lipinski definition) is 2. The summed E-state index contributed by atoms with van der Waals surface area (Å²) in [5.74, 6) is 0. The summed E-state index contributed by atoms with van der Waals surface area (Å²) in [6, 6.07) is 28.6. The third-order valence-corrected chi connectivity index (χ3v) is 13.2. The fraction of sp³-hybridized carbons (Fsp3) is 0.550. The molecule has 2 atom stereocenters. The van der Waals surface area contributed by atoms with Gasteiger partial charge in [0.15, 0.2) is 0 Å². The summed E-state index contributed by atoms with van der Waals surface area (Å²) in [5.41, 5.74) is 9.82. The largest absolute Gasteiger partial charge is 0.362 e. The molecule has 0 amide bonds. The van der Waals surface area contributed by atoms with Gasteiger partial charge in [0.25, 0.3) is 0 Å². The van der Waals surface area contributed by atoms with E-state index in [0.29, 0.717) is 22.9 Å². The highest BCUT2D eigenvalue weighted by molar-refractivity contribution is 5.70. The molecule has 3 aromatic carbocycles. The third kappa shape index (κ3) is 4.26. The van der Waals surface area contributed by atoms with Crippen LogP contribution in [0.15, 0.2) is 72.8 Å². The Bertz CT molecular complexity index is 1440. The molecule has 0 spiro atoms. The van der Waals surface area contributed by atoms with Crippen molar-refractivity contribution >= 4 is 11.4 Å². The van der Waals surface area contributed by atoms with Crippen LogP contribution >= 0.6 is 0 Å².